The summed E-state index contributed by atoms with van der Waals surface area (Å²) >= 11 is 1.78. The lowest BCUT2D eigenvalue weighted by atomic mass is 10.1. The molecule has 1 saturated heterocycles. The van der Waals surface area contributed by atoms with Gasteiger partial charge in [-0.05, 0) is 45.1 Å². The SMILES string of the molecule is CC/C(C)=c1\nc(NC)s\c1=C(\C)N1CCCCC1. The van der Waals surface area contributed by atoms with Crippen molar-refractivity contribution >= 4 is 27.7 Å². The smallest absolute Gasteiger partial charge is 0.183 e. The molecule has 1 N–H and O–H groups in total. The van der Waals surface area contributed by atoms with E-state index >= 15 is 0 Å². The molecule has 3 nitrogen and oxygen atoms in total. The molecule has 0 radical (unpaired) electrons. The monoisotopic (exact) mass is 279 g/mol. The zero-order valence-electron chi connectivity index (χ0n) is 12.5. The Bertz CT molecular complexity index is 538. The van der Waals surface area contributed by atoms with Crippen molar-refractivity contribution in [3.05, 3.63) is 9.88 Å². The normalized spacial score (nSPS) is 19.3. The van der Waals surface area contributed by atoms with Gasteiger partial charge in [0.1, 0.15) is 0 Å². The summed E-state index contributed by atoms with van der Waals surface area (Å²) in [6.07, 6.45) is 5.08. The highest BCUT2D eigenvalue weighted by Crippen LogP contribution is 2.15. The van der Waals surface area contributed by atoms with Crippen molar-refractivity contribution in [1.82, 2.24) is 9.88 Å². The van der Waals surface area contributed by atoms with Crippen LogP contribution >= 0.6 is 11.3 Å². The molecule has 19 heavy (non-hydrogen) atoms. The first-order chi connectivity index (χ1) is 9.17. The summed E-state index contributed by atoms with van der Waals surface area (Å²) < 4.78 is 1.35. The predicted octanol–water partition coefficient (Wildman–Crippen LogP) is 2.38. The van der Waals surface area contributed by atoms with Crippen LogP contribution in [0.2, 0.25) is 0 Å². The minimum atomic E-state index is 1.02. The van der Waals surface area contributed by atoms with Crippen molar-refractivity contribution in [3.63, 3.8) is 0 Å². The summed E-state index contributed by atoms with van der Waals surface area (Å²) in [4.78, 5) is 7.27. The summed E-state index contributed by atoms with van der Waals surface area (Å²) in [5.74, 6) is 0. The minimum absolute atomic E-state index is 1.02. The molecule has 0 aliphatic carbocycles. The molecule has 0 spiro atoms. The Morgan fingerprint density at radius 3 is 2.53 bits per heavy atom. The van der Waals surface area contributed by atoms with Crippen molar-refractivity contribution in [2.45, 2.75) is 46.5 Å². The topological polar surface area (TPSA) is 28.2 Å². The van der Waals surface area contributed by atoms with Gasteiger partial charge < -0.3 is 10.2 Å². The lowest BCUT2D eigenvalue weighted by Crippen LogP contribution is -2.35. The van der Waals surface area contributed by atoms with Gasteiger partial charge >= 0.3 is 0 Å². The van der Waals surface area contributed by atoms with Gasteiger partial charge in [-0.2, -0.15) is 0 Å². The number of rotatable bonds is 3. The molecular formula is C15H25N3S. The fourth-order valence-corrected chi connectivity index (χ4v) is 3.53. The molecule has 106 valence electrons. The van der Waals surface area contributed by atoms with Crippen molar-refractivity contribution in [1.29, 1.82) is 0 Å². The molecule has 1 fully saturated rings. The Morgan fingerprint density at radius 1 is 1.26 bits per heavy atom. The highest BCUT2D eigenvalue weighted by atomic mass is 32.1. The Balaban J connectivity index is 2.55. The third kappa shape index (κ3) is 3.11. The average Bonchev–Trinajstić information content (AvgIpc) is 2.90. The highest BCUT2D eigenvalue weighted by molar-refractivity contribution is 7.13. The number of thiazole rings is 1. The van der Waals surface area contributed by atoms with Crippen molar-refractivity contribution in [2.24, 2.45) is 0 Å². The molecule has 0 unspecified atom stereocenters. The van der Waals surface area contributed by atoms with E-state index in [1.54, 1.807) is 11.3 Å². The van der Waals surface area contributed by atoms with Crippen LogP contribution in [0, 0.1) is 0 Å². The largest absolute Gasteiger partial charge is 0.374 e. The summed E-state index contributed by atoms with van der Waals surface area (Å²) in [5.41, 5.74) is 2.78. The van der Waals surface area contributed by atoms with Crippen LogP contribution in [-0.4, -0.2) is 30.0 Å². The fraction of sp³-hybridized carbons (Fsp3) is 0.667. The van der Waals surface area contributed by atoms with Crippen molar-refractivity contribution < 1.29 is 0 Å². The van der Waals surface area contributed by atoms with E-state index in [2.05, 4.69) is 31.0 Å². The lowest BCUT2D eigenvalue weighted by molar-refractivity contribution is 0.321. The summed E-state index contributed by atoms with van der Waals surface area (Å²) in [6, 6.07) is 0. The first kappa shape index (κ1) is 14.4. The summed E-state index contributed by atoms with van der Waals surface area (Å²) in [6.45, 7) is 9.05. The van der Waals surface area contributed by atoms with Gasteiger partial charge in [0.15, 0.2) is 5.13 Å². The molecule has 1 aromatic rings. The molecule has 4 heteroatoms. The van der Waals surface area contributed by atoms with Crippen LogP contribution in [0.1, 0.15) is 46.5 Å². The third-order valence-corrected chi connectivity index (χ3v) is 5.12. The number of anilines is 1. The number of piperidine rings is 1. The van der Waals surface area contributed by atoms with E-state index in [4.69, 9.17) is 4.98 Å². The molecule has 2 heterocycles. The van der Waals surface area contributed by atoms with Crippen LogP contribution in [0.15, 0.2) is 0 Å². The van der Waals surface area contributed by atoms with Crippen LogP contribution in [0.25, 0.3) is 11.3 Å². The molecule has 0 bridgehead atoms. The molecular weight excluding hydrogens is 254 g/mol. The van der Waals surface area contributed by atoms with Crippen LogP contribution in [0.3, 0.4) is 0 Å². The summed E-state index contributed by atoms with van der Waals surface area (Å²) in [5, 5.41) is 5.40. The average molecular weight is 279 g/mol. The minimum Gasteiger partial charge on any atom is -0.374 e. The molecule has 0 amide bonds. The van der Waals surface area contributed by atoms with Gasteiger partial charge in [-0.15, -0.1) is 0 Å². The standard InChI is InChI=1S/C15H25N3S/c1-5-11(2)13-14(19-15(16-4)17-13)12(3)18-9-7-6-8-10-18/h5-10H2,1-4H3,(H,16,17)/b13-11-,14-12-. The van der Waals surface area contributed by atoms with Crippen molar-refractivity contribution in [2.75, 3.05) is 25.5 Å². The Kier molecular flexibility index (Phi) is 4.86. The van der Waals surface area contributed by atoms with Gasteiger partial charge in [0, 0.05) is 25.8 Å². The van der Waals surface area contributed by atoms with E-state index in [0.29, 0.717) is 0 Å². The number of likely N-dealkylation sites (tertiary alicyclic amines) is 1. The number of aromatic nitrogens is 1. The number of nitrogens with one attached hydrogen (secondary N) is 1. The Morgan fingerprint density at radius 2 is 1.95 bits per heavy atom. The van der Waals surface area contributed by atoms with Crippen molar-refractivity contribution in [3.8, 4) is 0 Å². The maximum Gasteiger partial charge on any atom is 0.183 e. The van der Waals surface area contributed by atoms with E-state index in [0.717, 1.165) is 11.6 Å². The Labute approximate surface area is 120 Å². The van der Waals surface area contributed by atoms with E-state index < -0.39 is 0 Å². The molecule has 2 rings (SSSR count). The lowest BCUT2D eigenvalue weighted by Gasteiger charge is -2.29. The van der Waals surface area contributed by atoms with Gasteiger partial charge in [0.2, 0.25) is 0 Å². The van der Waals surface area contributed by atoms with Gasteiger partial charge in [0.25, 0.3) is 0 Å². The summed E-state index contributed by atoms with van der Waals surface area (Å²) in [7, 11) is 1.95. The van der Waals surface area contributed by atoms with Gasteiger partial charge in [-0.1, -0.05) is 18.3 Å². The van der Waals surface area contributed by atoms with Gasteiger partial charge in [-0.3, -0.25) is 0 Å². The zero-order valence-corrected chi connectivity index (χ0v) is 13.4. The van der Waals surface area contributed by atoms with Crippen LogP contribution in [-0.2, 0) is 0 Å². The Hall–Kier alpha value is -1.03. The van der Waals surface area contributed by atoms with E-state index in [9.17, 15) is 0 Å². The quantitative estimate of drug-likeness (QED) is 0.921. The predicted molar refractivity (Wildman–Crippen MR) is 84.8 cm³/mol. The van der Waals surface area contributed by atoms with Gasteiger partial charge in [-0.25, -0.2) is 4.98 Å². The second kappa shape index (κ2) is 6.42. The third-order valence-electron chi connectivity index (χ3n) is 3.93. The first-order valence-electron chi connectivity index (χ1n) is 7.27. The van der Waals surface area contributed by atoms with E-state index in [1.165, 1.54) is 53.5 Å². The highest BCUT2D eigenvalue weighted by Gasteiger charge is 2.13. The second-order valence-corrected chi connectivity index (χ2v) is 6.21. The van der Waals surface area contributed by atoms with E-state index in [-0.39, 0.29) is 0 Å². The molecule has 0 atom stereocenters. The number of hydrogen-bond donors (Lipinski definition) is 1. The number of nitrogens with zero attached hydrogens (tertiary/aromatic N) is 2. The fourth-order valence-electron chi connectivity index (χ4n) is 2.50. The van der Waals surface area contributed by atoms with Crippen LogP contribution < -0.4 is 15.2 Å². The van der Waals surface area contributed by atoms with Crippen LogP contribution in [0.5, 0.6) is 0 Å². The maximum absolute atomic E-state index is 4.74. The zero-order chi connectivity index (χ0) is 13.8. The van der Waals surface area contributed by atoms with Gasteiger partial charge in [0.05, 0.1) is 9.88 Å². The molecule has 1 aromatic heterocycles. The second-order valence-electron chi connectivity index (χ2n) is 5.21. The maximum atomic E-state index is 4.74. The molecule has 1 aliphatic heterocycles. The molecule has 0 saturated carbocycles. The van der Waals surface area contributed by atoms with Crippen LogP contribution in [0.4, 0.5) is 5.13 Å². The van der Waals surface area contributed by atoms with E-state index in [1.807, 2.05) is 7.05 Å². The first-order valence-corrected chi connectivity index (χ1v) is 8.09. The molecule has 0 aromatic carbocycles. The molecule has 1 aliphatic rings. The number of hydrogen-bond acceptors (Lipinski definition) is 4.